The molecule has 1 heterocycles. The monoisotopic (exact) mass is 327 g/mol. The number of para-hydroxylation sites is 2. The van der Waals surface area contributed by atoms with Crippen LogP contribution in [0.25, 0.3) is 0 Å². The van der Waals surface area contributed by atoms with Gasteiger partial charge >= 0.3 is 0 Å². The van der Waals surface area contributed by atoms with E-state index >= 15 is 0 Å². The lowest BCUT2D eigenvalue weighted by Gasteiger charge is -2.15. The molecule has 0 unspecified atom stereocenters. The van der Waals surface area contributed by atoms with Gasteiger partial charge in [0.05, 0.1) is 24.2 Å². The van der Waals surface area contributed by atoms with Crippen LogP contribution < -0.4 is 9.46 Å². The van der Waals surface area contributed by atoms with Crippen LogP contribution >= 0.6 is 11.6 Å². The van der Waals surface area contributed by atoms with E-state index in [1.165, 1.54) is 0 Å². The van der Waals surface area contributed by atoms with Crippen molar-refractivity contribution in [1.82, 2.24) is 9.97 Å². The average Bonchev–Trinajstić information content (AvgIpc) is 2.40. The van der Waals surface area contributed by atoms with Crippen LogP contribution in [0.3, 0.4) is 0 Å². The topological polar surface area (TPSA) is 81.2 Å². The van der Waals surface area contributed by atoms with Crippen LogP contribution in [-0.4, -0.2) is 24.5 Å². The van der Waals surface area contributed by atoms with Gasteiger partial charge in [0.1, 0.15) is 10.6 Å². The Balaban J connectivity index is 2.30. The van der Waals surface area contributed by atoms with Gasteiger partial charge in [-0.25, -0.2) is 18.4 Å². The molecule has 0 aliphatic heterocycles. The van der Waals surface area contributed by atoms with Gasteiger partial charge in [-0.2, -0.15) is 0 Å². The fourth-order valence-electron chi connectivity index (χ4n) is 1.55. The Morgan fingerprint density at radius 2 is 1.81 bits per heavy atom. The molecule has 0 fully saturated rings. The van der Waals surface area contributed by atoms with Gasteiger partial charge in [0.25, 0.3) is 10.0 Å². The molecular formula is C13H14ClN3O3S. The molecule has 2 aromatic rings. The summed E-state index contributed by atoms with van der Waals surface area (Å²) in [7, 11) is -3.80. The van der Waals surface area contributed by atoms with Crippen LogP contribution in [0, 0.1) is 0 Å². The van der Waals surface area contributed by atoms with E-state index in [0.29, 0.717) is 11.4 Å². The Hall–Kier alpha value is -1.86. The summed E-state index contributed by atoms with van der Waals surface area (Å²) in [4.78, 5) is 7.25. The normalized spacial score (nSPS) is 11.4. The zero-order valence-electron chi connectivity index (χ0n) is 11.4. The standard InChI is InChI=1S/C13H14ClN3O3S/c1-9(2)20-12-6-4-3-5-11(12)17-21(18,19)10-7-15-13(14)16-8-10/h3-9,17H,1-2H3. The number of sulfonamides is 1. The van der Waals surface area contributed by atoms with Crippen LogP contribution in [0.2, 0.25) is 5.28 Å². The number of benzene rings is 1. The first-order chi connectivity index (χ1) is 9.88. The highest BCUT2D eigenvalue weighted by atomic mass is 35.5. The van der Waals surface area contributed by atoms with Crippen molar-refractivity contribution in [2.24, 2.45) is 0 Å². The van der Waals surface area contributed by atoms with Gasteiger partial charge in [-0.05, 0) is 37.6 Å². The fourth-order valence-corrected chi connectivity index (χ4v) is 2.61. The predicted octanol–water partition coefficient (Wildman–Crippen LogP) is 2.72. The Morgan fingerprint density at radius 1 is 1.19 bits per heavy atom. The number of rotatable bonds is 5. The first-order valence-corrected chi connectivity index (χ1v) is 8.00. The maximum atomic E-state index is 12.3. The molecule has 2 rings (SSSR count). The van der Waals surface area contributed by atoms with Gasteiger partial charge in [0.2, 0.25) is 5.28 Å². The third-order valence-electron chi connectivity index (χ3n) is 2.40. The van der Waals surface area contributed by atoms with Gasteiger partial charge in [-0.1, -0.05) is 12.1 Å². The highest BCUT2D eigenvalue weighted by Gasteiger charge is 2.17. The van der Waals surface area contributed by atoms with E-state index in [0.717, 1.165) is 12.4 Å². The summed E-state index contributed by atoms with van der Waals surface area (Å²) in [5, 5.41) is -0.0162. The van der Waals surface area contributed by atoms with Crippen LogP contribution in [0.15, 0.2) is 41.6 Å². The van der Waals surface area contributed by atoms with Crippen molar-refractivity contribution in [3.8, 4) is 5.75 Å². The summed E-state index contributed by atoms with van der Waals surface area (Å²) in [5.41, 5.74) is 0.348. The van der Waals surface area contributed by atoms with Crippen molar-refractivity contribution in [2.75, 3.05) is 4.72 Å². The molecule has 1 aromatic carbocycles. The molecular weight excluding hydrogens is 314 g/mol. The van der Waals surface area contributed by atoms with Crippen LogP contribution in [0.4, 0.5) is 5.69 Å². The molecule has 112 valence electrons. The first kappa shape index (κ1) is 15.5. The second-order valence-corrected chi connectivity index (χ2v) is 6.48. The predicted molar refractivity (Wildman–Crippen MR) is 80.1 cm³/mol. The number of aromatic nitrogens is 2. The Bertz CT molecular complexity index is 718. The highest BCUT2D eigenvalue weighted by Crippen LogP contribution is 2.27. The molecule has 1 N–H and O–H groups in total. The third kappa shape index (κ3) is 4.05. The van der Waals surface area contributed by atoms with E-state index < -0.39 is 10.0 Å². The Labute approximate surface area is 128 Å². The Kier molecular flexibility index (Phi) is 4.64. The van der Waals surface area contributed by atoms with E-state index in [1.54, 1.807) is 24.3 Å². The molecule has 1 aromatic heterocycles. The van der Waals surface area contributed by atoms with Crippen molar-refractivity contribution in [3.05, 3.63) is 41.9 Å². The van der Waals surface area contributed by atoms with Crippen molar-refractivity contribution in [1.29, 1.82) is 0 Å². The molecule has 21 heavy (non-hydrogen) atoms. The second kappa shape index (κ2) is 6.28. The molecule has 0 aliphatic rings. The van der Waals surface area contributed by atoms with E-state index in [2.05, 4.69) is 14.7 Å². The number of ether oxygens (including phenoxy) is 1. The number of hydrogen-bond acceptors (Lipinski definition) is 5. The van der Waals surface area contributed by atoms with Crippen LogP contribution in [0.5, 0.6) is 5.75 Å². The molecule has 0 amide bonds. The summed E-state index contributed by atoms with van der Waals surface area (Å²) in [5.74, 6) is 0.450. The summed E-state index contributed by atoms with van der Waals surface area (Å²) >= 11 is 5.55. The SMILES string of the molecule is CC(C)Oc1ccccc1NS(=O)(=O)c1cnc(Cl)nc1. The molecule has 0 saturated carbocycles. The van der Waals surface area contributed by atoms with Gasteiger partial charge in [-0.3, -0.25) is 4.72 Å². The fraction of sp³-hybridized carbons (Fsp3) is 0.231. The number of anilines is 1. The maximum Gasteiger partial charge on any atom is 0.265 e. The maximum absolute atomic E-state index is 12.3. The third-order valence-corrected chi connectivity index (χ3v) is 3.92. The Morgan fingerprint density at radius 3 is 2.43 bits per heavy atom. The van der Waals surface area contributed by atoms with Crippen molar-refractivity contribution >= 4 is 27.3 Å². The molecule has 6 nitrogen and oxygen atoms in total. The summed E-state index contributed by atoms with van der Waals surface area (Å²) in [6.07, 6.45) is 2.21. The summed E-state index contributed by atoms with van der Waals surface area (Å²) in [6, 6.07) is 6.78. The number of nitrogens with zero attached hydrogens (tertiary/aromatic N) is 2. The molecule has 8 heteroatoms. The van der Waals surface area contributed by atoms with Crippen LogP contribution in [-0.2, 0) is 10.0 Å². The van der Waals surface area contributed by atoms with Gasteiger partial charge < -0.3 is 4.74 Å². The van der Waals surface area contributed by atoms with E-state index in [9.17, 15) is 8.42 Å². The van der Waals surface area contributed by atoms with Gasteiger partial charge in [-0.15, -0.1) is 0 Å². The average molecular weight is 328 g/mol. The van der Waals surface area contributed by atoms with E-state index in [1.807, 2.05) is 13.8 Å². The zero-order valence-corrected chi connectivity index (χ0v) is 13.0. The minimum Gasteiger partial charge on any atom is -0.489 e. The first-order valence-electron chi connectivity index (χ1n) is 6.14. The van der Waals surface area contributed by atoms with E-state index in [4.69, 9.17) is 16.3 Å². The number of hydrogen-bond donors (Lipinski definition) is 1. The van der Waals surface area contributed by atoms with Gasteiger partial charge in [0, 0.05) is 0 Å². The lowest BCUT2D eigenvalue weighted by atomic mass is 10.3. The molecule has 0 spiro atoms. The van der Waals surface area contributed by atoms with Crippen LogP contribution in [0.1, 0.15) is 13.8 Å². The number of halogens is 1. The molecule has 0 saturated heterocycles. The lowest BCUT2D eigenvalue weighted by molar-refractivity contribution is 0.244. The quantitative estimate of drug-likeness (QED) is 0.854. The summed E-state index contributed by atoms with van der Waals surface area (Å²) < 4.78 is 32.5. The minimum absolute atomic E-state index is 0.0162. The highest BCUT2D eigenvalue weighted by molar-refractivity contribution is 7.92. The molecule has 0 atom stereocenters. The number of nitrogens with one attached hydrogen (secondary N) is 1. The van der Waals surface area contributed by atoms with Crippen molar-refractivity contribution < 1.29 is 13.2 Å². The second-order valence-electron chi connectivity index (χ2n) is 4.46. The van der Waals surface area contributed by atoms with Gasteiger partial charge in [0.15, 0.2) is 0 Å². The minimum atomic E-state index is -3.80. The zero-order chi connectivity index (χ0) is 15.5. The lowest BCUT2D eigenvalue weighted by Crippen LogP contribution is -2.15. The van der Waals surface area contributed by atoms with E-state index in [-0.39, 0.29) is 16.3 Å². The molecule has 0 radical (unpaired) electrons. The largest absolute Gasteiger partial charge is 0.489 e. The summed E-state index contributed by atoms with van der Waals surface area (Å²) in [6.45, 7) is 3.72. The molecule has 0 aliphatic carbocycles. The smallest absolute Gasteiger partial charge is 0.265 e. The van der Waals surface area contributed by atoms with Crippen molar-refractivity contribution in [3.63, 3.8) is 0 Å². The van der Waals surface area contributed by atoms with Crippen molar-refractivity contribution in [2.45, 2.75) is 24.8 Å². The molecule has 0 bridgehead atoms.